The predicted molar refractivity (Wildman–Crippen MR) is 83.0 cm³/mol. The van der Waals surface area contributed by atoms with Crippen molar-refractivity contribution in [3.05, 3.63) is 46.9 Å². The van der Waals surface area contributed by atoms with Crippen molar-refractivity contribution < 1.29 is 17.0 Å². The van der Waals surface area contributed by atoms with E-state index in [2.05, 4.69) is 21.1 Å². The molecule has 0 aliphatic carbocycles. The molecule has 0 saturated heterocycles. The number of hydrogen-bond donors (Lipinski definition) is 2. The molecule has 0 aromatic heterocycles. The van der Waals surface area contributed by atoms with E-state index in [1.54, 1.807) is 11.8 Å². The highest BCUT2D eigenvalue weighted by atomic mass is 35.5. The molecule has 2 heterocycles. The molecule has 20 heavy (non-hydrogen) atoms. The first-order chi connectivity index (χ1) is 8.66. The number of nitrogens with one attached hydrogen (secondary N) is 1. The van der Waals surface area contributed by atoms with Crippen molar-refractivity contribution in [2.75, 3.05) is 7.05 Å². The van der Waals surface area contributed by atoms with Crippen LogP contribution in [-0.4, -0.2) is 34.4 Å². The Kier molecular flexibility index (Phi) is 5.39. The number of benzene rings is 1. The van der Waals surface area contributed by atoms with E-state index >= 15 is 0 Å². The number of aliphatic imine (C=N–C) groups is 1. The summed E-state index contributed by atoms with van der Waals surface area (Å²) in [6.45, 7) is 0. The molecule has 2 aliphatic heterocycles. The Bertz CT molecular complexity index is 620. The lowest BCUT2D eigenvalue weighted by molar-refractivity contribution is -0.363. The summed E-state index contributed by atoms with van der Waals surface area (Å²) >= 11 is 1.72. The summed E-state index contributed by atoms with van der Waals surface area (Å²) in [4.78, 5) is 4.69. The second kappa shape index (κ2) is 6.43. The van der Waals surface area contributed by atoms with Crippen LogP contribution in [0, 0.1) is 5.41 Å². The Morgan fingerprint density at radius 1 is 1.35 bits per heavy atom. The highest BCUT2D eigenvalue weighted by molar-refractivity contribution is 8.16. The van der Waals surface area contributed by atoms with Gasteiger partial charge in [0.25, 0.3) is 0 Å². The molecule has 0 bridgehead atoms. The lowest BCUT2D eigenvalue weighted by Crippen LogP contribution is -3.00. The maximum Gasteiger partial charge on any atom is 0.326 e. The van der Waals surface area contributed by atoms with E-state index in [1.165, 1.54) is 5.04 Å². The number of nitrogens with zero attached hydrogens (tertiary/aromatic N) is 2. The van der Waals surface area contributed by atoms with Crippen molar-refractivity contribution in [3.8, 4) is 0 Å². The molecule has 1 unspecified atom stereocenters. The molecule has 0 saturated carbocycles. The van der Waals surface area contributed by atoms with Gasteiger partial charge in [-0.1, -0.05) is 28.9 Å². The van der Waals surface area contributed by atoms with Gasteiger partial charge in [0, 0.05) is 5.56 Å². The molecule has 0 amide bonds. The van der Waals surface area contributed by atoms with Gasteiger partial charge in [-0.3, -0.25) is 5.41 Å². The molecule has 3 N–H and O–H groups in total. The minimum Gasteiger partial charge on any atom is -1.00 e. The molecule has 0 fully saturated rings. The van der Waals surface area contributed by atoms with Gasteiger partial charge in [0.05, 0.1) is 12.6 Å². The summed E-state index contributed by atoms with van der Waals surface area (Å²) in [6.07, 6.45) is 2.10. The van der Waals surface area contributed by atoms with Crippen LogP contribution < -0.4 is 18.1 Å². The van der Waals surface area contributed by atoms with Crippen molar-refractivity contribution in [2.45, 2.75) is 6.04 Å². The number of nitrogen functional groups attached to an aromatic ring is 1. The van der Waals surface area contributed by atoms with Gasteiger partial charge in [-0.15, -0.1) is 12.4 Å². The quantitative estimate of drug-likeness (QED) is 0.408. The monoisotopic (exact) mass is 328 g/mol. The molecule has 2 aliphatic rings. The van der Waals surface area contributed by atoms with Crippen LogP contribution in [0.2, 0.25) is 0 Å². The third-order valence-electron chi connectivity index (χ3n) is 3.07. The van der Waals surface area contributed by atoms with Gasteiger partial charge < -0.3 is 18.1 Å². The third kappa shape index (κ3) is 2.75. The van der Waals surface area contributed by atoms with Crippen LogP contribution in [-0.2, 0) is 0 Å². The van der Waals surface area contributed by atoms with Gasteiger partial charge in [-0.05, 0) is 23.6 Å². The van der Waals surface area contributed by atoms with Crippen LogP contribution in [0.3, 0.4) is 0 Å². The molecule has 106 valence electrons. The number of thioether (sulfide) groups is 1. The number of fused-ring (bicyclic) bond motifs is 1. The average molecular weight is 329 g/mol. The summed E-state index contributed by atoms with van der Waals surface area (Å²) in [7, 11) is 2.03. The van der Waals surface area contributed by atoms with Crippen LogP contribution in [0.5, 0.6) is 0 Å². The molecular weight excluding hydrogens is 315 g/mol. The van der Waals surface area contributed by atoms with Gasteiger partial charge in [0.1, 0.15) is 5.84 Å². The SMILES string of the molecule is C[N+]1=C2SC=CC2N=C1c1ccc(C(=N)N)cc1.Cl.[Cl-]. The van der Waals surface area contributed by atoms with Gasteiger partial charge in [0.15, 0.2) is 5.04 Å². The summed E-state index contributed by atoms with van der Waals surface area (Å²) < 4.78 is 2.12. The number of hydrogen-bond acceptors (Lipinski definition) is 3. The van der Waals surface area contributed by atoms with Gasteiger partial charge in [0.2, 0.25) is 6.04 Å². The first-order valence-electron chi connectivity index (χ1n) is 5.63. The van der Waals surface area contributed by atoms with E-state index in [0.717, 1.165) is 17.0 Å². The minimum atomic E-state index is 0. The standard InChI is InChI=1S/C13H13N4S.2ClH/c1-17-12(16-10-6-7-18-13(10)17)9-4-2-8(3-5-9)11(14)15;;/h2-7,10H,1H3,(H3,14,15);2*1H/q+1;;/p-1. The number of rotatable bonds is 2. The highest BCUT2D eigenvalue weighted by Crippen LogP contribution is 2.26. The first kappa shape index (κ1) is 16.8. The zero-order valence-electron chi connectivity index (χ0n) is 10.7. The third-order valence-corrected chi connectivity index (χ3v) is 4.12. The van der Waals surface area contributed by atoms with E-state index in [1.807, 2.05) is 31.3 Å². The number of halogens is 2. The number of amidine groups is 2. The molecule has 1 aromatic rings. The first-order valence-corrected chi connectivity index (χ1v) is 6.51. The second-order valence-corrected chi connectivity index (χ2v) is 5.16. The zero-order valence-corrected chi connectivity index (χ0v) is 13.1. The Hall–Kier alpha value is -1.30. The lowest BCUT2D eigenvalue weighted by Gasteiger charge is -2.01. The molecule has 7 heteroatoms. The van der Waals surface area contributed by atoms with E-state index in [0.29, 0.717) is 0 Å². The fourth-order valence-corrected chi connectivity index (χ4v) is 2.98. The minimum absolute atomic E-state index is 0. The predicted octanol–water partition coefficient (Wildman–Crippen LogP) is -1.17. The lowest BCUT2D eigenvalue weighted by atomic mass is 10.1. The fourth-order valence-electron chi connectivity index (χ4n) is 2.10. The van der Waals surface area contributed by atoms with Gasteiger partial charge in [-0.2, -0.15) is 0 Å². The largest absolute Gasteiger partial charge is 1.00 e. The molecule has 4 nitrogen and oxygen atoms in total. The molecule has 0 radical (unpaired) electrons. The summed E-state index contributed by atoms with van der Waals surface area (Å²) in [5, 5.41) is 10.7. The van der Waals surface area contributed by atoms with Crippen molar-refractivity contribution in [1.82, 2.24) is 0 Å². The van der Waals surface area contributed by atoms with Crippen LogP contribution in [0.15, 0.2) is 40.7 Å². The van der Waals surface area contributed by atoms with Crippen molar-refractivity contribution >= 4 is 40.9 Å². The van der Waals surface area contributed by atoms with Gasteiger partial charge in [-0.25, -0.2) is 4.58 Å². The number of nitrogens with two attached hydrogens (primary N) is 1. The van der Waals surface area contributed by atoms with Crippen LogP contribution in [0.25, 0.3) is 0 Å². The van der Waals surface area contributed by atoms with Crippen LogP contribution in [0.4, 0.5) is 0 Å². The van der Waals surface area contributed by atoms with E-state index < -0.39 is 0 Å². The van der Waals surface area contributed by atoms with Crippen LogP contribution in [0.1, 0.15) is 11.1 Å². The zero-order chi connectivity index (χ0) is 12.7. The highest BCUT2D eigenvalue weighted by Gasteiger charge is 2.37. The second-order valence-electron chi connectivity index (χ2n) is 4.23. The van der Waals surface area contributed by atoms with E-state index in [-0.39, 0.29) is 36.7 Å². The summed E-state index contributed by atoms with van der Waals surface area (Å²) in [5.41, 5.74) is 7.24. The average Bonchev–Trinajstić information content (AvgIpc) is 2.93. The normalized spacial score (nSPS) is 19.1. The summed E-state index contributed by atoms with van der Waals surface area (Å²) in [6, 6.07) is 7.82. The Morgan fingerprint density at radius 3 is 2.55 bits per heavy atom. The Balaban J connectivity index is 0.000001000. The van der Waals surface area contributed by atoms with Crippen LogP contribution >= 0.6 is 24.2 Å². The molecular formula is C13H14Cl2N4S. The molecule has 1 atom stereocenters. The van der Waals surface area contributed by atoms with Crippen molar-refractivity contribution in [3.63, 3.8) is 0 Å². The van der Waals surface area contributed by atoms with Gasteiger partial charge >= 0.3 is 5.84 Å². The van der Waals surface area contributed by atoms with E-state index in [9.17, 15) is 0 Å². The maximum atomic E-state index is 7.38. The van der Waals surface area contributed by atoms with E-state index in [4.69, 9.17) is 11.1 Å². The van der Waals surface area contributed by atoms with Crippen molar-refractivity contribution in [1.29, 1.82) is 5.41 Å². The fraction of sp³-hybridized carbons (Fsp3) is 0.154. The van der Waals surface area contributed by atoms with Crippen molar-refractivity contribution in [2.24, 2.45) is 10.7 Å². The smallest absolute Gasteiger partial charge is 0.326 e. The Morgan fingerprint density at radius 2 is 2.00 bits per heavy atom. The topological polar surface area (TPSA) is 65.2 Å². The maximum absolute atomic E-state index is 7.38. The molecule has 1 aromatic carbocycles. The summed E-state index contributed by atoms with van der Waals surface area (Å²) in [5.74, 6) is 1.06. The molecule has 0 spiro atoms. The Labute approximate surface area is 134 Å². The molecule has 3 rings (SSSR count).